The topological polar surface area (TPSA) is 115 Å². The standard InChI is InChI=1S/C33H34N2O7S2/c1-5-41-32(38)16-6-9-18(10-7-16)35-30(36)25-19-13-20(26(25)31(35)37)27-24(19)23(28-29(43-27)34-33(39)44-28)17-8-11-21(22(12-17)40-4)42-14-15(2)3/h6-12,15,19-20,23-27H,5,13-14H2,1-4H3,(H,34,39)/t19?,20?,23-,24?,25?,26?,27?/m1/s1. The molecule has 11 heteroatoms. The third-order valence-electron chi connectivity index (χ3n) is 9.48. The zero-order chi connectivity index (χ0) is 30.9. The Labute approximate surface area is 263 Å². The van der Waals surface area contributed by atoms with Crippen molar-refractivity contribution in [2.24, 2.45) is 35.5 Å². The highest BCUT2D eigenvalue weighted by Gasteiger charge is 2.69. The molecule has 1 saturated heterocycles. The molecule has 1 aromatic heterocycles. The van der Waals surface area contributed by atoms with E-state index in [2.05, 4.69) is 18.8 Å². The molecule has 1 N–H and O–H groups in total. The maximum Gasteiger partial charge on any atom is 0.338 e. The SMILES string of the molecule is CCOC(=O)c1ccc(N2C(=O)C3C4CC(C3C2=O)C2C4Sc3[nH]c(=O)sc3[C@@H]2c2ccc(OCC(C)C)c(OC)c2)cc1. The zero-order valence-corrected chi connectivity index (χ0v) is 26.5. The summed E-state index contributed by atoms with van der Waals surface area (Å²) in [6.07, 6.45) is 0.799. The van der Waals surface area contributed by atoms with E-state index in [4.69, 9.17) is 14.2 Å². The third kappa shape index (κ3) is 4.50. The van der Waals surface area contributed by atoms with Crippen molar-refractivity contribution in [2.75, 3.05) is 25.2 Å². The summed E-state index contributed by atoms with van der Waals surface area (Å²) < 4.78 is 16.8. The Bertz CT molecular complexity index is 1700. The number of esters is 1. The van der Waals surface area contributed by atoms with Crippen LogP contribution in [0.1, 0.15) is 53.9 Å². The van der Waals surface area contributed by atoms with Crippen molar-refractivity contribution < 1.29 is 28.6 Å². The molecule has 2 amide bonds. The molecule has 44 heavy (non-hydrogen) atoms. The number of amides is 2. The summed E-state index contributed by atoms with van der Waals surface area (Å²) in [5.41, 5.74) is 1.86. The van der Waals surface area contributed by atoms with Crippen LogP contribution in [0.3, 0.4) is 0 Å². The summed E-state index contributed by atoms with van der Waals surface area (Å²) in [6, 6.07) is 12.5. The van der Waals surface area contributed by atoms with Gasteiger partial charge in [-0.1, -0.05) is 31.3 Å². The number of carbonyl (C=O) groups is 3. The molecule has 2 aliphatic heterocycles. The van der Waals surface area contributed by atoms with Gasteiger partial charge in [-0.25, -0.2) is 4.79 Å². The van der Waals surface area contributed by atoms with Crippen LogP contribution in [0.2, 0.25) is 0 Å². The first-order chi connectivity index (χ1) is 21.2. The number of methoxy groups -OCH3 is 1. The molecule has 2 saturated carbocycles. The molecular weight excluding hydrogens is 601 g/mol. The molecule has 6 unspecified atom stereocenters. The molecule has 0 radical (unpaired) electrons. The lowest BCUT2D eigenvalue weighted by molar-refractivity contribution is -0.123. The largest absolute Gasteiger partial charge is 0.493 e. The van der Waals surface area contributed by atoms with Gasteiger partial charge in [0.15, 0.2) is 11.5 Å². The van der Waals surface area contributed by atoms with E-state index in [-0.39, 0.29) is 52.2 Å². The highest BCUT2D eigenvalue weighted by atomic mass is 32.2. The Kier molecular flexibility index (Phi) is 7.36. The number of aromatic nitrogens is 1. The molecular formula is C33H34N2O7S2. The summed E-state index contributed by atoms with van der Waals surface area (Å²) in [4.78, 5) is 58.0. The summed E-state index contributed by atoms with van der Waals surface area (Å²) in [6.45, 7) is 6.75. The van der Waals surface area contributed by atoms with Gasteiger partial charge in [-0.05, 0) is 79.0 Å². The Morgan fingerprint density at radius 2 is 1.75 bits per heavy atom. The number of ether oxygens (including phenoxy) is 3. The number of H-pyrrole nitrogens is 1. The number of imide groups is 1. The second-order valence-electron chi connectivity index (χ2n) is 12.4. The lowest BCUT2D eigenvalue weighted by Gasteiger charge is -2.43. The summed E-state index contributed by atoms with van der Waals surface area (Å²) >= 11 is 2.89. The van der Waals surface area contributed by atoms with Gasteiger partial charge < -0.3 is 19.2 Å². The van der Waals surface area contributed by atoms with Gasteiger partial charge in [0.05, 0.1) is 48.4 Å². The van der Waals surface area contributed by atoms with Gasteiger partial charge in [0.1, 0.15) is 0 Å². The normalized spacial score (nSPS) is 28.2. The van der Waals surface area contributed by atoms with Crippen LogP contribution in [0.15, 0.2) is 52.3 Å². The maximum atomic E-state index is 14.1. The number of anilines is 1. The van der Waals surface area contributed by atoms with E-state index in [9.17, 15) is 19.2 Å². The average Bonchev–Trinajstić information content (AvgIpc) is 3.75. The second-order valence-corrected chi connectivity index (χ2v) is 14.6. The lowest BCUT2D eigenvalue weighted by atomic mass is 9.68. The van der Waals surface area contributed by atoms with Crippen molar-refractivity contribution in [3.05, 3.63) is 68.1 Å². The van der Waals surface area contributed by atoms with Crippen molar-refractivity contribution >= 4 is 46.6 Å². The molecule has 3 heterocycles. The first-order valence-electron chi connectivity index (χ1n) is 15.1. The second kappa shape index (κ2) is 11.1. The molecule has 2 aromatic carbocycles. The Morgan fingerprint density at radius 3 is 2.43 bits per heavy atom. The fraction of sp³-hybridized carbons (Fsp3) is 0.455. The molecule has 7 rings (SSSR count). The molecule has 3 aromatic rings. The van der Waals surface area contributed by atoms with Crippen molar-refractivity contribution in [3.8, 4) is 11.5 Å². The number of nitrogens with zero attached hydrogens (tertiary/aromatic N) is 1. The Hall–Kier alpha value is -3.57. The number of benzene rings is 2. The van der Waals surface area contributed by atoms with Crippen LogP contribution >= 0.6 is 23.1 Å². The van der Waals surface area contributed by atoms with Crippen LogP contribution in [0, 0.1) is 35.5 Å². The number of thiazole rings is 1. The van der Waals surface area contributed by atoms with Gasteiger partial charge in [0.25, 0.3) is 0 Å². The van der Waals surface area contributed by atoms with Crippen LogP contribution in [-0.2, 0) is 14.3 Å². The fourth-order valence-corrected chi connectivity index (χ4v) is 10.7. The van der Waals surface area contributed by atoms with Crippen molar-refractivity contribution in [2.45, 2.75) is 43.4 Å². The van der Waals surface area contributed by atoms with Gasteiger partial charge in [-0.2, -0.15) is 0 Å². The first-order valence-corrected chi connectivity index (χ1v) is 16.8. The zero-order valence-electron chi connectivity index (χ0n) is 24.9. The van der Waals surface area contributed by atoms with E-state index >= 15 is 0 Å². The van der Waals surface area contributed by atoms with Crippen LogP contribution < -0.4 is 19.2 Å². The predicted octanol–water partition coefficient (Wildman–Crippen LogP) is 5.33. The predicted molar refractivity (Wildman–Crippen MR) is 167 cm³/mol. The Morgan fingerprint density at radius 1 is 1.02 bits per heavy atom. The fourth-order valence-electron chi connectivity index (χ4n) is 7.86. The molecule has 230 valence electrons. The molecule has 9 nitrogen and oxygen atoms in total. The molecule has 7 atom stereocenters. The van der Waals surface area contributed by atoms with Crippen LogP contribution in [0.4, 0.5) is 5.69 Å². The quantitative estimate of drug-likeness (QED) is 0.261. The number of hydrogen-bond donors (Lipinski definition) is 1. The maximum absolute atomic E-state index is 14.1. The number of aromatic amines is 1. The average molecular weight is 635 g/mol. The molecule has 0 spiro atoms. The monoisotopic (exact) mass is 634 g/mol. The summed E-state index contributed by atoms with van der Waals surface area (Å²) in [5.74, 6) is -0.0149. The van der Waals surface area contributed by atoms with Gasteiger partial charge in [0.2, 0.25) is 11.8 Å². The van der Waals surface area contributed by atoms with Crippen LogP contribution in [-0.4, -0.2) is 48.3 Å². The van der Waals surface area contributed by atoms with E-state index < -0.39 is 17.8 Å². The number of carbonyl (C=O) groups excluding carboxylic acids is 3. The highest BCUT2D eigenvalue weighted by molar-refractivity contribution is 8.00. The molecule has 2 bridgehead atoms. The third-order valence-corrected chi connectivity index (χ3v) is 12.1. The molecule has 4 aliphatic rings. The highest BCUT2D eigenvalue weighted by Crippen LogP contribution is 2.68. The van der Waals surface area contributed by atoms with Gasteiger partial charge in [0, 0.05) is 16.0 Å². The van der Waals surface area contributed by atoms with E-state index in [1.165, 1.54) is 16.2 Å². The van der Waals surface area contributed by atoms with Crippen molar-refractivity contribution in [1.82, 2.24) is 4.98 Å². The number of hydrogen-bond acceptors (Lipinski definition) is 9. The number of rotatable bonds is 8. The Balaban J connectivity index is 1.23. The minimum absolute atomic E-state index is 0.00912. The summed E-state index contributed by atoms with van der Waals surface area (Å²) in [5, 5.41) is 0.937. The lowest BCUT2D eigenvalue weighted by Crippen LogP contribution is -2.42. The molecule has 3 fully saturated rings. The first kappa shape index (κ1) is 29.2. The van der Waals surface area contributed by atoms with E-state index in [1.807, 2.05) is 18.2 Å². The number of fused-ring (bicyclic) bond motifs is 9. The van der Waals surface area contributed by atoms with Crippen LogP contribution in [0.25, 0.3) is 0 Å². The van der Waals surface area contributed by atoms with Crippen LogP contribution in [0.5, 0.6) is 11.5 Å². The number of thioether (sulfide) groups is 1. The smallest absolute Gasteiger partial charge is 0.338 e. The minimum atomic E-state index is -0.443. The van der Waals surface area contributed by atoms with E-state index in [0.717, 1.165) is 21.9 Å². The van der Waals surface area contributed by atoms with E-state index in [0.29, 0.717) is 35.3 Å². The van der Waals surface area contributed by atoms with Gasteiger partial charge in [-0.3, -0.25) is 19.3 Å². The van der Waals surface area contributed by atoms with E-state index in [1.54, 1.807) is 50.1 Å². The van der Waals surface area contributed by atoms with Gasteiger partial charge >= 0.3 is 10.8 Å². The van der Waals surface area contributed by atoms with Crippen molar-refractivity contribution in [3.63, 3.8) is 0 Å². The number of nitrogens with one attached hydrogen (secondary N) is 1. The van der Waals surface area contributed by atoms with Crippen molar-refractivity contribution in [1.29, 1.82) is 0 Å². The minimum Gasteiger partial charge on any atom is -0.493 e. The molecule has 2 aliphatic carbocycles. The van der Waals surface area contributed by atoms with Gasteiger partial charge in [-0.15, -0.1) is 11.8 Å². The summed E-state index contributed by atoms with van der Waals surface area (Å²) in [7, 11) is 1.62.